The fourth-order valence-electron chi connectivity index (χ4n) is 1.66. The number of pyridine rings is 1. The van der Waals surface area contributed by atoms with Gasteiger partial charge in [0.05, 0.1) is 24.7 Å². The number of anilines is 1. The Morgan fingerprint density at radius 1 is 1.35 bits per heavy atom. The van der Waals surface area contributed by atoms with Crippen LogP contribution in [0.25, 0.3) is 0 Å². The van der Waals surface area contributed by atoms with Crippen LogP contribution in [-0.2, 0) is 16.4 Å². The molecule has 0 amide bonds. The summed E-state index contributed by atoms with van der Waals surface area (Å²) in [6.07, 6.45) is 2.01. The quantitative estimate of drug-likeness (QED) is 0.820. The van der Waals surface area contributed by atoms with Crippen molar-refractivity contribution < 1.29 is 13.2 Å². The van der Waals surface area contributed by atoms with Crippen molar-refractivity contribution in [2.75, 3.05) is 24.2 Å². The van der Waals surface area contributed by atoms with Gasteiger partial charge in [-0.2, -0.15) is 0 Å². The highest BCUT2D eigenvalue weighted by Gasteiger charge is 2.18. The summed E-state index contributed by atoms with van der Waals surface area (Å²) in [6.45, 7) is 0. The maximum atomic E-state index is 12.3. The van der Waals surface area contributed by atoms with Gasteiger partial charge in [-0.25, -0.2) is 13.4 Å². The summed E-state index contributed by atoms with van der Waals surface area (Å²) in [5, 5.41) is 1.94. The Hall–Kier alpha value is -1.60. The van der Waals surface area contributed by atoms with E-state index in [1.165, 1.54) is 24.7 Å². The maximum absolute atomic E-state index is 12.3. The van der Waals surface area contributed by atoms with E-state index in [0.29, 0.717) is 18.0 Å². The van der Waals surface area contributed by atoms with E-state index in [1.807, 2.05) is 17.5 Å². The number of hydrogen-bond donors (Lipinski definition) is 0. The second-order valence-electron chi connectivity index (χ2n) is 4.17. The molecule has 0 aliphatic carbocycles. The molecule has 0 aromatic carbocycles. The number of thiophene rings is 1. The van der Waals surface area contributed by atoms with Crippen LogP contribution in [-0.4, -0.2) is 33.3 Å². The molecular formula is C13H16N2O3S2. The van der Waals surface area contributed by atoms with Crippen molar-refractivity contribution in [1.82, 2.24) is 4.98 Å². The van der Waals surface area contributed by atoms with Crippen molar-refractivity contribution >= 4 is 27.0 Å². The van der Waals surface area contributed by atoms with Gasteiger partial charge in [-0.1, -0.05) is 6.07 Å². The zero-order valence-corrected chi connectivity index (χ0v) is 12.9. The third-order valence-electron chi connectivity index (χ3n) is 2.90. The summed E-state index contributed by atoms with van der Waals surface area (Å²) < 4.78 is 30.7. The molecule has 0 fully saturated rings. The second-order valence-corrected chi connectivity index (χ2v) is 7.32. The minimum Gasteiger partial charge on any atom is -0.481 e. The maximum Gasteiger partial charge on any atom is 0.235 e. The summed E-state index contributed by atoms with van der Waals surface area (Å²) >= 11 is 1.56. The van der Waals surface area contributed by atoms with Gasteiger partial charge < -0.3 is 4.74 Å². The first-order valence-corrected chi connectivity index (χ1v) is 8.51. The van der Waals surface area contributed by atoms with Gasteiger partial charge in [-0.15, -0.1) is 11.3 Å². The van der Waals surface area contributed by atoms with Crippen molar-refractivity contribution in [3.63, 3.8) is 0 Å². The van der Waals surface area contributed by atoms with Crippen LogP contribution in [0.4, 0.5) is 5.69 Å². The lowest BCUT2D eigenvalue weighted by Gasteiger charge is -2.19. The average molecular weight is 312 g/mol. The van der Waals surface area contributed by atoms with Gasteiger partial charge in [0.2, 0.25) is 15.9 Å². The number of sulfonamides is 1. The van der Waals surface area contributed by atoms with E-state index in [1.54, 1.807) is 23.5 Å². The van der Waals surface area contributed by atoms with Crippen LogP contribution in [0.5, 0.6) is 5.88 Å². The smallest absolute Gasteiger partial charge is 0.235 e. The van der Waals surface area contributed by atoms with Crippen LogP contribution in [0, 0.1) is 0 Å². The van der Waals surface area contributed by atoms with E-state index in [0.717, 1.165) is 4.88 Å². The fourth-order valence-corrected chi connectivity index (χ4v) is 3.68. The normalized spacial score (nSPS) is 11.3. The fraction of sp³-hybridized carbons (Fsp3) is 0.308. The second kappa shape index (κ2) is 6.23. The molecule has 0 bridgehead atoms. The third kappa shape index (κ3) is 3.49. The first-order valence-electron chi connectivity index (χ1n) is 6.02. The highest BCUT2D eigenvalue weighted by Crippen LogP contribution is 2.19. The Morgan fingerprint density at radius 2 is 2.15 bits per heavy atom. The summed E-state index contributed by atoms with van der Waals surface area (Å²) in [5.74, 6) is 0.536. The average Bonchev–Trinajstić information content (AvgIpc) is 2.98. The summed E-state index contributed by atoms with van der Waals surface area (Å²) in [5.41, 5.74) is 0.525. The predicted molar refractivity (Wildman–Crippen MR) is 81.0 cm³/mol. The molecule has 0 unspecified atom stereocenters. The molecule has 2 rings (SSSR count). The zero-order valence-electron chi connectivity index (χ0n) is 11.3. The molecule has 0 spiro atoms. The van der Waals surface area contributed by atoms with Crippen LogP contribution < -0.4 is 9.04 Å². The van der Waals surface area contributed by atoms with Crippen molar-refractivity contribution in [2.45, 2.75) is 6.42 Å². The van der Waals surface area contributed by atoms with Crippen molar-refractivity contribution in [3.8, 4) is 5.88 Å². The summed E-state index contributed by atoms with van der Waals surface area (Å²) in [7, 11) is -0.297. The lowest BCUT2D eigenvalue weighted by atomic mass is 10.4. The lowest BCUT2D eigenvalue weighted by Crippen LogP contribution is -2.29. The number of rotatable bonds is 6. The number of hydrogen-bond acceptors (Lipinski definition) is 5. The minimum absolute atomic E-state index is 0.0794. The Bertz CT molecular complexity index is 637. The number of aromatic nitrogens is 1. The molecule has 7 heteroatoms. The molecule has 0 saturated heterocycles. The zero-order chi connectivity index (χ0) is 14.6. The van der Waals surface area contributed by atoms with Crippen molar-refractivity contribution in [3.05, 3.63) is 40.7 Å². The first-order chi connectivity index (χ1) is 9.53. The van der Waals surface area contributed by atoms with Crippen LogP contribution in [0.15, 0.2) is 35.8 Å². The van der Waals surface area contributed by atoms with Crippen molar-refractivity contribution in [1.29, 1.82) is 0 Å². The van der Waals surface area contributed by atoms with E-state index >= 15 is 0 Å². The summed E-state index contributed by atoms with van der Waals surface area (Å²) in [6, 6.07) is 7.17. The predicted octanol–water partition coefficient (Wildman–Crippen LogP) is 2.16. The van der Waals surface area contributed by atoms with Crippen LogP contribution in [0.2, 0.25) is 0 Å². The monoisotopic (exact) mass is 312 g/mol. The Morgan fingerprint density at radius 3 is 2.70 bits per heavy atom. The molecule has 0 aliphatic rings. The first kappa shape index (κ1) is 14.8. The van der Waals surface area contributed by atoms with Gasteiger partial charge >= 0.3 is 0 Å². The van der Waals surface area contributed by atoms with Gasteiger partial charge in [-0.05, 0) is 23.9 Å². The van der Waals surface area contributed by atoms with Crippen LogP contribution >= 0.6 is 11.3 Å². The Balaban J connectivity index is 2.07. The molecule has 108 valence electrons. The standard InChI is InChI=1S/C13H16N2O3S2/c1-15(11-5-6-13(18-2)14-10-11)20(16,17)9-7-12-4-3-8-19-12/h3-6,8,10H,7,9H2,1-2H3. The third-order valence-corrected chi connectivity index (χ3v) is 5.60. The SMILES string of the molecule is COc1ccc(N(C)S(=O)(=O)CCc2cccs2)cn1. The van der Waals surface area contributed by atoms with E-state index in [4.69, 9.17) is 4.74 Å². The Kier molecular flexibility index (Phi) is 4.61. The lowest BCUT2D eigenvalue weighted by molar-refractivity contribution is 0.398. The number of ether oxygens (including phenoxy) is 1. The van der Waals surface area contributed by atoms with Crippen LogP contribution in [0.1, 0.15) is 4.88 Å². The van der Waals surface area contributed by atoms with E-state index < -0.39 is 10.0 Å². The van der Waals surface area contributed by atoms with Gasteiger partial charge in [0.25, 0.3) is 0 Å². The topological polar surface area (TPSA) is 59.5 Å². The molecule has 2 heterocycles. The molecule has 5 nitrogen and oxygen atoms in total. The molecular weight excluding hydrogens is 296 g/mol. The van der Waals surface area contributed by atoms with Gasteiger partial charge in [-0.3, -0.25) is 4.31 Å². The highest BCUT2D eigenvalue weighted by atomic mass is 32.2. The molecule has 0 N–H and O–H groups in total. The van der Waals surface area contributed by atoms with Gasteiger partial charge in [0, 0.05) is 18.0 Å². The highest BCUT2D eigenvalue weighted by molar-refractivity contribution is 7.92. The molecule has 0 saturated carbocycles. The molecule has 2 aromatic heterocycles. The number of aryl methyl sites for hydroxylation is 1. The molecule has 20 heavy (non-hydrogen) atoms. The van der Waals surface area contributed by atoms with E-state index in [-0.39, 0.29) is 5.75 Å². The largest absolute Gasteiger partial charge is 0.481 e. The molecule has 0 atom stereocenters. The van der Waals surface area contributed by atoms with E-state index in [2.05, 4.69) is 4.98 Å². The minimum atomic E-state index is -3.35. The summed E-state index contributed by atoms with van der Waals surface area (Å²) in [4.78, 5) is 5.08. The molecule has 2 aromatic rings. The van der Waals surface area contributed by atoms with Gasteiger partial charge in [0.1, 0.15) is 0 Å². The van der Waals surface area contributed by atoms with Crippen LogP contribution in [0.3, 0.4) is 0 Å². The number of nitrogens with zero attached hydrogens (tertiary/aromatic N) is 2. The number of methoxy groups -OCH3 is 1. The van der Waals surface area contributed by atoms with Gasteiger partial charge in [0.15, 0.2) is 0 Å². The molecule has 0 aliphatic heterocycles. The Labute approximate surface area is 122 Å². The van der Waals surface area contributed by atoms with E-state index in [9.17, 15) is 8.42 Å². The molecule has 0 radical (unpaired) electrons. The van der Waals surface area contributed by atoms with Crippen molar-refractivity contribution in [2.24, 2.45) is 0 Å².